The molecule has 0 aromatic carbocycles. The second-order valence-electron chi connectivity index (χ2n) is 4.69. The van der Waals surface area contributed by atoms with Crippen molar-refractivity contribution in [3.05, 3.63) is 0 Å². The lowest BCUT2D eigenvalue weighted by molar-refractivity contribution is -0.181. The molecule has 8 heteroatoms. The van der Waals surface area contributed by atoms with E-state index >= 15 is 0 Å². The van der Waals surface area contributed by atoms with Gasteiger partial charge in [0.15, 0.2) is 0 Å². The van der Waals surface area contributed by atoms with Gasteiger partial charge in [-0.2, -0.15) is 8.78 Å². The Balaban J connectivity index is 2.82. The van der Waals surface area contributed by atoms with Crippen LogP contribution in [-0.4, -0.2) is 72.5 Å². The first kappa shape index (κ1) is 15.2. The lowest BCUT2D eigenvalue weighted by Gasteiger charge is -2.29. The number of likely N-dealkylation sites (N-methyl/N-ethyl adjacent to an activating group) is 1. The van der Waals surface area contributed by atoms with Gasteiger partial charge in [0, 0.05) is 19.1 Å². The molecule has 1 heterocycles. The first-order valence-corrected chi connectivity index (χ1v) is 5.46. The predicted octanol–water partition coefficient (Wildman–Crippen LogP) is 0.410. The third-order valence-corrected chi connectivity index (χ3v) is 2.79. The Kier molecular flexibility index (Phi) is 4.55. The normalized spacial score (nSPS) is 25.3. The molecule has 0 saturated carbocycles. The number of nitrogens with zero attached hydrogens (tertiary/aromatic N) is 2. The minimum atomic E-state index is -4.70. The van der Waals surface area contributed by atoms with Crippen molar-refractivity contribution in [2.75, 3.05) is 27.2 Å². The molecule has 4 nitrogen and oxygen atoms in total. The molecule has 1 aliphatic heterocycles. The first-order chi connectivity index (χ1) is 8.16. The molecule has 0 bridgehead atoms. The molecule has 1 saturated heterocycles. The molecule has 0 radical (unpaired) electrons. The van der Waals surface area contributed by atoms with Gasteiger partial charge in [-0.1, -0.05) is 0 Å². The molecule has 2 atom stereocenters. The van der Waals surface area contributed by atoms with Crippen LogP contribution in [-0.2, 0) is 4.79 Å². The quantitative estimate of drug-likeness (QED) is 0.754. The first-order valence-electron chi connectivity index (χ1n) is 5.46. The van der Waals surface area contributed by atoms with Crippen LogP contribution in [0.25, 0.3) is 0 Å². The summed E-state index contributed by atoms with van der Waals surface area (Å²) in [5, 5.41) is 9.39. The fourth-order valence-corrected chi connectivity index (χ4v) is 2.02. The van der Waals surface area contributed by atoms with E-state index in [1.54, 1.807) is 19.0 Å². The van der Waals surface area contributed by atoms with Crippen LogP contribution >= 0.6 is 0 Å². The number of halogens is 4. The number of carbonyl (C=O) groups excluding carboxylic acids is 1. The zero-order valence-electron chi connectivity index (χ0n) is 10.1. The van der Waals surface area contributed by atoms with Gasteiger partial charge in [-0.15, -0.1) is 0 Å². The number of hydrogen-bond donors (Lipinski definition) is 1. The van der Waals surface area contributed by atoms with E-state index in [-0.39, 0.29) is 19.5 Å². The second kappa shape index (κ2) is 5.40. The van der Waals surface area contributed by atoms with E-state index in [2.05, 4.69) is 0 Å². The summed E-state index contributed by atoms with van der Waals surface area (Å²) in [5.74, 6) is -6.62. The molecule has 2 unspecified atom stereocenters. The lowest BCUT2D eigenvalue weighted by atomic mass is 10.2. The van der Waals surface area contributed by atoms with Gasteiger partial charge in [-0.25, -0.2) is 8.78 Å². The van der Waals surface area contributed by atoms with Crippen LogP contribution < -0.4 is 0 Å². The largest absolute Gasteiger partial charge is 0.391 e. The van der Waals surface area contributed by atoms with Gasteiger partial charge in [0.1, 0.15) is 0 Å². The van der Waals surface area contributed by atoms with Gasteiger partial charge in [0.05, 0.1) is 6.10 Å². The van der Waals surface area contributed by atoms with Gasteiger partial charge in [-0.3, -0.25) is 4.79 Å². The minimum Gasteiger partial charge on any atom is -0.391 e. The summed E-state index contributed by atoms with van der Waals surface area (Å²) in [6.07, 6.45) is -4.88. The summed E-state index contributed by atoms with van der Waals surface area (Å²) in [5.41, 5.74) is 0. The summed E-state index contributed by atoms with van der Waals surface area (Å²) >= 11 is 0. The van der Waals surface area contributed by atoms with Gasteiger partial charge >= 0.3 is 12.3 Å². The molecule has 0 aliphatic carbocycles. The molecular weight excluding hydrogens is 256 g/mol. The molecule has 0 aromatic rings. The van der Waals surface area contributed by atoms with Crippen molar-refractivity contribution in [3.8, 4) is 0 Å². The standard InChI is InChI=1S/C10H16F4N2O2/c1-15(2)4-6-3-7(17)5-16(6)9(18)10(13,14)8(11)12/h6-8,17H,3-5H2,1-2H3. The van der Waals surface area contributed by atoms with E-state index in [0.29, 0.717) is 4.90 Å². The number of hydrogen-bond acceptors (Lipinski definition) is 3. The van der Waals surface area contributed by atoms with Crippen LogP contribution in [0.3, 0.4) is 0 Å². The summed E-state index contributed by atoms with van der Waals surface area (Å²) < 4.78 is 50.3. The summed E-state index contributed by atoms with van der Waals surface area (Å²) in [7, 11) is 3.33. The van der Waals surface area contributed by atoms with Crippen molar-refractivity contribution in [2.45, 2.75) is 30.9 Å². The third-order valence-electron chi connectivity index (χ3n) is 2.79. The topological polar surface area (TPSA) is 43.8 Å². The van der Waals surface area contributed by atoms with Crippen LogP contribution in [0, 0.1) is 0 Å². The SMILES string of the molecule is CN(C)CC1CC(O)CN1C(=O)C(F)(F)C(F)F. The highest BCUT2D eigenvalue weighted by atomic mass is 19.3. The highest BCUT2D eigenvalue weighted by Gasteiger charge is 2.53. The van der Waals surface area contributed by atoms with Crippen LogP contribution in [0.5, 0.6) is 0 Å². The number of likely N-dealkylation sites (tertiary alicyclic amines) is 1. The van der Waals surface area contributed by atoms with E-state index in [9.17, 15) is 27.5 Å². The number of rotatable bonds is 4. The molecule has 18 heavy (non-hydrogen) atoms. The zero-order valence-corrected chi connectivity index (χ0v) is 10.1. The van der Waals surface area contributed by atoms with Crippen molar-refractivity contribution in [1.82, 2.24) is 9.80 Å². The lowest BCUT2D eigenvalue weighted by Crippen LogP contribution is -2.51. The number of carbonyl (C=O) groups is 1. The fraction of sp³-hybridized carbons (Fsp3) is 0.900. The molecular formula is C10H16F4N2O2. The smallest absolute Gasteiger partial charge is 0.383 e. The van der Waals surface area contributed by atoms with Crippen LogP contribution in [0.2, 0.25) is 0 Å². The third kappa shape index (κ3) is 3.11. The number of β-amino-alcohol motifs (C(OH)–C–C–N with tert-alkyl or cyclic N) is 1. The second-order valence-corrected chi connectivity index (χ2v) is 4.69. The van der Waals surface area contributed by atoms with E-state index in [1.165, 1.54) is 0 Å². The number of aliphatic hydroxyl groups excluding tert-OH is 1. The van der Waals surface area contributed by atoms with E-state index in [1.807, 2.05) is 0 Å². The highest BCUT2D eigenvalue weighted by molar-refractivity contribution is 5.84. The average molecular weight is 272 g/mol. The van der Waals surface area contributed by atoms with E-state index in [0.717, 1.165) is 0 Å². The van der Waals surface area contributed by atoms with Crippen molar-refractivity contribution in [1.29, 1.82) is 0 Å². The molecule has 1 fully saturated rings. The van der Waals surface area contributed by atoms with Gasteiger partial charge in [0.25, 0.3) is 5.91 Å². The van der Waals surface area contributed by atoms with Crippen molar-refractivity contribution < 1.29 is 27.5 Å². The van der Waals surface area contributed by atoms with Crippen molar-refractivity contribution in [2.24, 2.45) is 0 Å². The molecule has 106 valence electrons. The Bertz CT molecular complexity index is 312. The van der Waals surface area contributed by atoms with Crippen LogP contribution in [0.15, 0.2) is 0 Å². The van der Waals surface area contributed by atoms with E-state index in [4.69, 9.17) is 0 Å². The molecule has 1 amide bonds. The van der Waals surface area contributed by atoms with Crippen molar-refractivity contribution in [3.63, 3.8) is 0 Å². The van der Waals surface area contributed by atoms with E-state index < -0.39 is 30.4 Å². The van der Waals surface area contributed by atoms with Crippen LogP contribution in [0.4, 0.5) is 17.6 Å². The predicted molar refractivity (Wildman–Crippen MR) is 55.6 cm³/mol. The Morgan fingerprint density at radius 1 is 1.50 bits per heavy atom. The zero-order chi connectivity index (χ0) is 14.1. The monoisotopic (exact) mass is 272 g/mol. The molecule has 0 aromatic heterocycles. The Morgan fingerprint density at radius 3 is 2.50 bits per heavy atom. The van der Waals surface area contributed by atoms with Gasteiger partial charge < -0.3 is 14.9 Å². The van der Waals surface area contributed by atoms with Gasteiger partial charge in [0.2, 0.25) is 0 Å². The maximum atomic E-state index is 13.0. The Labute approximate surface area is 102 Å². The Morgan fingerprint density at radius 2 is 2.06 bits per heavy atom. The van der Waals surface area contributed by atoms with Gasteiger partial charge in [-0.05, 0) is 20.5 Å². The minimum absolute atomic E-state index is 0.114. The molecule has 1 rings (SSSR count). The Hall–Kier alpha value is -0.890. The molecule has 1 N–H and O–H groups in total. The maximum Gasteiger partial charge on any atom is 0.383 e. The fourth-order valence-electron chi connectivity index (χ4n) is 2.02. The van der Waals surface area contributed by atoms with Crippen molar-refractivity contribution >= 4 is 5.91 Å². The van der Waals surface area contributed by atoms with Crippen LogP contribution in [0.1, 0.15) is 6.42 Å². The molecule has 1 aliphatic rings. The molecule has 0 spiro atoms. The maximum absolute atomic E-state index is 13.0. The highest BCUT2D eigenvalue weighted by Crippen LogP contribution is 2.29. The number of alkyl halides is 4. The number of amides is 1. The summed E-state index contributed by atoms with van der Waals surface area (Å²) in [6.45, 7) is -0.0955. The summed E-state index contributed by atoms with van der Waals surface area (Å²) in [6, 6.07) is -0.674. The summed E-state index contributed by atoms with van der Waals surface area (Å²) in [4.78, 5) is 13.7. The average Bonchev–Trinajstić information content (AvgIpc) is 2.56. The number of aliphatic hydroxyl groups is 1.